The third kappa shape index (κ3) is 4.01. The van der Waals surface area contributed by atoms with E-state index >= 15 is 0 Å². The second kappa shape index (κ2) is 7.15. The molecule has 2 N–H and O–H groups in total. The topological polar surface area (TPSA) is 29.3 Å². The van der Waals surface area contributed by atoms with Crippen LogP contribution in [0.25, 0.3) is 0 Å². The van der Waals surface area contributed by atoms with Crippen molar-refractivity contribution >= 4 is 21.6 Å². The molecule has 1 heterocycles. The number of nitrogens with zero attached hydrogens (tertiary/aromatic N) is 1. The van der Waals surface area contributed by atoms with Crippen LogP contribution in [0.15, 0.2) is 22.7 Å². The maximum absolute atomic E-state index is 6.02. The van der Waals surface area contributed by atoms with Crippen LogP contribution in [0.4, 0.5) is 5.69 Å². The molecule has 2 rings (SSSR count). The number of hydrogen-bond donors (Lipinski definition) is 1. The number of benzene rings is 1. The fourth-order valence-corrected chi connectivity index (χ4v) is 3.88. The van der Waals surface area contributed by atoms with E-state index in [1.165, 1.54) is 50.0 Å². The summed E-state index contributed by atoms with van der Waals surface area (Å²) in [6, 6.07) is 6.83. The first-order chi connectivity index (χ1) is 9.99. The molecule has 0 bridgehead atoms. The van der Waals surface area contributed by atoms with Crippen molar-refractivity contribution in [2.24, 2.45) is 11.1 Å². The van der Waals surface area contributed by atoms with Crippen LogP contribution >= 0.6 is 15.9 Å². The van der Waals surface area contributed by atoms with Gasteiger partial charge in [0.05, 0.1) is 0 Å². The summed E-state index contributed by atoms with van der Waals surface area (Å²) in [6.07, 6.45) is 6.19. The normalized spacial score (nSPS) is 19.6. The van der Waals surface area contributed by atoms with Crippen molar-refractivity contribution in [2.75, 3.05) is 18.0 Å². The number of nitrogens with two attached hydrogens (primary N) is 1. The van der Waals surface area contributed by atoms with E-state index in [9.17, 15) is 0 Å². The van der Waals surface area contributed by atoms with Crippen LogP contribution in [0.1, 0.15) is 52.0 Å². The molecular formula is C18H29BrN2. The second-order valence-electron chi connectivity index (χ2n) is 6.65. The summed E-state index contributed by atoms with van der Waals surface area (Å²) in [5.74, 6) is 0. The number of anilines is 1. The summed E-state index contributed by atoms with van der Waals surface area (Å²) in [5.41, 5.74) is 9.35. The molecule has 2 nitrogen and oxygen atoms in total. The van der Waals surface area contributed by atoms with E-state index in [1.807, 2.05) is 0 Å². The molecular weight excluding hydrogens is 324 g/mol. The monoisotopic (exact) mass is 352 g/mol. The average Bonchev–Trinajstić information content (AvgIpc) is 2.49. The van der Waals surface area contributed by atoms with Crippen molar-refractivity contribution in [1.29, 1.82) is 0 Å². The molecule has 1 unspecified atom stereocenters. The summed E-state index contributed by atoms with van der Waals surface area (Å²) in [5, 5.41) is 0. The molecule has 21 heavy (non-hydrogen) atoms. The van der Waals surface area contributed by atoms with E-state index in [1.54, 1.807) is 0 Å². The molecule has 1 aliphatic rings. The molecule has 0 amide bonds. The molecule has 0 saturated carbocycles. The number of halogens is 1. The van der Waals surface area contributed by atoms with Crippen LogP contribution < -0.4 is 10.6 Å². The lowest BCUT2D eigenvalue weighted by Gasteiger charge is -2.42. The molecule has 0 aliphatic carbocycles. The van der Waals surface area contributed by atoms with Crippen LogP contribution in [0.5, 0.6) is 0 Å². The molecule has 1 atom stereocenters. The van der Waals surface area contributed by atoms with Crippen molar-refractivity contribution in [3.63, 3.8) is 0 Å². The molecule has 1 fully saturated rings. The van der Waals surface area contributed by atoms with Crippen LogP contribution in [0, 0.1) is 5.41 Å². The Bertz CT molecular complexity index is 456. The van der Waals surface area contributed by atoms with Gasteiger partial charge in [0.2, 0.25) is 0 Å². The van der Waals surface area contributed by atoms with Crippen molar-refractivity contribution in [1.82, 2.24) is 0 Å². The zero-order valence-corrected chi connectivity index (χ0v) is 15.2. The number of piperidine rings is 1. The fraction of sp³-hybridized carbons (Fsp3) is 0.667. The van der Waals surface area contributed by atoms with Gasteiger partial charge in [-0.1, -0.05) is 48.7 Å². The van der Waals surface area contributed by atoms with E-state index in [-0.39, 0.29) is 6.04 Å². The minimum Gasteiger partial charge on any atom is -0.371 e. The second-order valence-corrected chi connectivity index (χ2v) is 7.56. The van der Waals surface area contributed by atoms with Gasteiger partial charge in [0.15, 0.2) is 0 Å². The molecule has 3 heteroatoms. The molecule has 1 aliphatic heterocycles. The average molecular weight is 353 g/mol. The Morgan fingerprint density at radius 2 is 1.86 bits per heavy atom. The summed E-state index contributed by atoms with van der Waals surface area (Å²) >= 11 is 3.62. The Morgan fingerprint density at radius 3 is 2.38 bits per heavy atom. The van der Waals surface area contributed by atoms with Crippen LogP contribution in [-0.2, 0) is 6.42 Å². The lowest BCUT2D eigenvalue weighted by Crippen LogP contribution is -2.40. The fourth-order valence-electron chi connectivity index (χ4n) is 3.53. The zero-order chi connectivity index (χ0) is 15.5. The molecule has 0 spiro atoms. The van der Waals surface area contributed by atoms with Gasteiger partial charge < -0.3 is 10.6 Å². The quantitative estimate of drug-likeness (QED) is 0.828. The molecule has 0 radical (unpaired) electrons. The summed E-state index contributed by atoms with van der Waals surface area (Å²) < 4.78 is 1.16. The lowest BCUT2D eigenvalue weighted by atomic mass is 9.74. The zero-order valence-electron chi connectivity index (χ0n) is 13.7. The Labute approximate surface area is 138 Å². The number of rotatable bonds is 5. The van der Waals surface area contributed by atoms with Gasteiger partial charge in [0.25, 0.3) is 0 Å². The van der Waals surface area contributed by atoms with E-state index < -0.39 is 0 Å². The lowest BCUT2D eigenvalue weighted by molar-refractivity contribution is 0.199. The first kappa shape index (κ1) is 16.8. The predicted molar refractivity (Wildman–Crippen MR) is 96.0 cm³/mol. The summed E-state index contributed by atoms with van der Waals surface area (Å²) in [7, 11) is 0. The largest absolute Gasteiger partial charge is 0.371 e. The highest BCUT2D eigenvalue weighted by molar-refractivity contribution is 9.10. The molecule has 1 saturated heterocycles. The maximum atomic E-state index is 6.02. The van der Waals surface area contributed by atoms with Gasteiger partial charge in [-0.15, -0.1) is 0 Å². The highest BCUT2D eigenvalue weighted by atomic mass is 79.9. The van der Waals surface area contributed by atoms with E-state index in [0.717, 1.165) is 10.9 Å². The van der Waals surface area contributed by atoms with Gasteiger partial charge in [-0.05, 0) is 49.3 Å². The Balaban J connectivity index is 2.17. The molecule has 118 valence electrons. The Morgan fingerprint density at radius 1 is 1.24 bits per heavy atom. The standard InChI is InChI=1S/C18H29BrN2/c1-4-18(5-2)8-10-21(11-9-18)17-13-16(19)7-6-15(17)12-14(3)20/h6-7,13-14H,4-5,8-12,20H2,1-3H3. The van der Waals surface area contributed by atoms with Crippen LogP contribution in [0.2, 0.25) is 0 Å². The minimum absolute atomic E-state index is 0.208. The first-order valence-corrected chi connectivity index (χ1v) is 9.08. The van der Waals surface area contributed by atoms with Crippen molar-refractivity contribution in [2.45, 2.75) is 58.9 Å². The molecule has 1 aromatic carbocycles. The third-order valence-electron chi connectivity index (χ3n) is 5.25. The Kier molecular flexibility index (Phi) is 5.73. The van der Waals surface area contributed by atoms with Gasteiger partial charge in [0, 0.05) is 29.3 Å². The molecule has 0 aromatic heterocycles. The number of hydrogen-bond acceptors (Lipinski definition) is 2. The highest BCUT2D eigenvalue weighted by Gasteiger charge is 2.31. The first-order valence-electron chi connectivity index (χ1n) is 8.28. The van der Waals surface area contributed by atoms with Crippen LogP contribution in [0.3, 0.4) is 0 Å². The van der Waals surface area contributed by atoms with E-state index in [4.69, 9.17) is 5.73 Å². The van der Waals surface area contributed by atoms with Crippen LogP contribution in [-0.4, -0.2) is 19.1 Å². The third-order valence-corrected chi connectivity index (χ3v) is 5.75. The van der Waals surface area contributed by atoms with E-state index in [0.29, 0.717) is 5.41 Å². The van der Waals surface area contributed by atoms with Crippen molar-refractivity contribution < 1.29 is 0 Å². The minimum atomic E-state index is 0.208. The highest BCUT2D eigenvalue weighted by Crippen LogP contribution is 2.40. The Hall–Kier alpha value is -0.540. The predicted octanol–water partition coefficient (Wildman–Crippen LogP) is 4.75. The summed E-state index contributed by atoms with van der Waals surface area (Å²) in [4.78, 5) is 2.56. The van der Waals surface area contributed by atoms with Gasteiger partial charge in [0.1, 0.15) is 0 Å². The van der Waals surface area contributed by atoms with Crippen molar-refractivity contribution in [3.8, 4) is 0 Å². The maximum Gasteiger partial charge on any atom is 0.0410 e. The SMILES string of the molecule is CCC1(CC)CCN(c2cc(Br)ccc2CC(C)N)CC1. The van der Waals surface area contributed by atoms with Gasteiger partial charge in [-0.3, -0.25) is 0 Å². The van der Waals surface area contributed by atoms with Gasteiger partial charge in [-0.25, -0.2) is 0 Å². The summed E-state index contributed by atoms with van der Waals surface area (Å²) in [6.45, 7) is 9.12. The smallest absolute Gasteiger partial charge is 0.0410 e. The van der Waals surface area contributed by atoms with Gasteiger partial charge >= 0.3 is 0 Å². The van der Waals surface area contributed by atoms with Crippen molar-refractivity contribution in [3.05, 3.63) is 28.2 Å². The van der Waals surface area contributed by atoms with E-state index in [2.05, 4.69) is 59.8 Å². The molecule has 1 aromatic rings. The van der Waals surface area contributed by atoms with Gasteiger partial charge in [-0.2, -0.15) is 0 Å².